The predicted molar refractivity (Wildman–Crippen MR) is 88.3 cm³/mol. The molecule has 2 aromatic rings. The Hall–Kier alpha value is -2.27. The third kappa shape index (κ3) is 4.61. The molecule has 1 N–H and O–H groups in total. The van der Waals surface area contributed by atoms with Crippen molar-refractivity contribution in [2.75, 3.05) is 13.7 Å². The average Bonchev–Trinajstić information content (AvgIpc) is 2.60. The fraction of sp³-hybridized carbons (Fsp3) is 0.316. The number of aliphatic hydroxyl groups excluding tert-OH is 1. The fourth-order valence-corrected chi connectivity index (χ4v) is 2.71. The van der Waals surface area contributed by atoms with Crippen LogP contribution in [0.25, 0.3) is 0 Å². The minimum Gasteiger partial charge on any atom is -0.396 e. The van der Waals surface area contributed by atoms with E-state index >= 15 is 0 Å². The molecule has 2 aromatic carbocycles. The summed E-state index contributed by atoms with van der Waals surface area (Å²) in [5.74, 6) is -1.21. The number of aliphatic hydroxyl groups is 1. The maximum absolute atomic E-state index is 13.6. The lowest BCUT2D eigenvalue weighted by atomic mass is 10.0. The molecule has 0 spiro atoms. The van der Waals surface area contributed by atoms with Gasteiger partial charge in [-0.05, 0) is 42.2 Å². The molecule has 5 heteroatoms. The van der Waals surface area contributed by atoms with Gasteiger partial charge in [0.15, 0.2) is 0 Å². The van der Waals surface area contributed by atoms with Gasteiger partial charge in [0.05, 0.1) is 6.04 Å². The maximum atomic E-state index is 13.6. The highest BCUT2D eigenvalue weighted by Gasteiger charge is 2.21. The first kappa shape index (κ1) is 18.1. The molecule has 128 valence electrons. The number of hydrogen-bond donors (Lipinski definition) is 1. The van der Waals surface area contributed by atoms with Crippen LogP contribution in [0.3, 0.4) is 0 Å². The first-order chi connectivity index (χ1) is 11.5. The van der Waals surface area contributed by atoms with E-state index in [2.05, 4.69) is 0 Å². The third-order valence-electron chi connectivity index (χ3n) is 4.06. The highest BCUT2D eigenvalue weighted by atomic mass is 19.1. The van der Waals surface area contributed by atoms with Crippen LogP contribution in [0.15, 0.2) is 48.5 Å². The number of rotatable bonds is 7. The molecule has 0 fully saturated rings. The van der Waals surface area contributed by atoms with E-state index in [9.17, 15) is 18.7 Å². The first-order valence-electron chi connectivity index (χ1n) is 7.88. The van der Waals surface area contributed by atoms with Gasteiger partial charge in [0.2, 0.25) is 5.91 Å². The predicted octanol–water partition coefficient (Wildman–Crippen LogP) is 3.48. The monoisotopic (exact) mass is 333 g/mol. The highest BCUT2D eigenvalue weighted by Crippen LogP contribution is 2.24. The summed E-state index contributed by atoms with van der Waals surface area (Å²) in [5, 5.41) is 9.27. The largest absolute Gasteiger partial charge is 0.396 e. The van der Waals surface area contributed by atoms with E-state index in [1.165, 1.54) is 0 Å². The van der Waals surface area contributed by atoms with Crippen LogP contribution < -0.4 is 0 Å². The molecular weight excluding hydrogens is 312 g/mol. The number of amides is 1. The number of carbonyl (C=O) groups is 1. The van der Waals surface area contributed by atoms with Crippen LogP contribution in [0, 0.1) is 11.6 Å². The minimum absolute atomic E-state index is 0.0459. The van der Waals surface area contributed by atoms with Crippen molar-refractivity contribution >= 4 is 5.91 Å². The molecule has 0 aliphatic heterocycles. The van der Waals surface area contributed by atoms with Crippen LogP contribution in [0.2, 0.25) is 0 Å². The van der Waals surface area contributed by atoms with Crippen molar-refractivity contribution in [2.24, 2.45) is 0 Å². The van der Waals surface area contributed by atoms with Gasteiger partial charge in [0.25, 0.3) is 0 Å². The summed E-state index contributed by atoms with van der Waals surface area (Å²) >= 11 is 0. The van der Waals surface area contributed by atoms with Crippen LogP contribution in [0.1, 0.15) is 30.0 Å². The zero-order valence-electron chi connectivity index (χ0n) is 13.6. The molecule has 0 aromatic heterocycles. The van der Waals surface area contributed by atoms with E-state index in [-0.39, 0.29) is 37.0 Å². The summed E-state index contributed by atoms with van der Waals surface area (Å²) in [6.07, 6.45) is 0.625. The van der Waals surface area contributed by atoms with Crippen molar-refractivity contribution in [1.82, 2.24) is 4.90 Å². The number of nitrogens with zero attached hydrogens (tertiary/aromatic N) is 1. The lowest BCUT2D eigenvalue weighted by Crippen LogP contribution is -2.32. The number of aryl methyl sites for hydroxylation is 1. The first-order valence-corrected chi connectivity index (χ1v) is 7.88. The molecule has 0 saturated heterocycles. The molecule has 3 nitrogen and oxygen atoms in total. The van der Waals surface area contributed by atoms with Crippen LogP contribution in [-0.4, -0.2) is 29.6 Å². The zero-order valence-corrected chi connectivity index (χ0v) is 13.6. The smallest absolute Gasteiger partial charge is 0.223 e. The van der Waals surface area contributed by atoms with Crippen LogP contribution in [0.5, 0.6) is 0 Å². The second-order valence-electron chi connectivity index (χ2n) is 5.68. The molecule has 0 aliphatic carbocycles. The van der Waals surface area contributed by atoms with Crippen molar-refractivity contribution < 1.29 is 18.7 Å². The molecule has 0 radical (unpaired) electrons. The average molecular weight is 333 g/mol. The lowest BCUT2D eigenvalue weighted by Gasteiger charge is -2.28. The Kier molecular flexibility index (Phi) is 6.44. The summed E-state index contributed by atoms with van der Waals surface area (Å²) in [4.78, 5) is 14.0. The molecule has 1 atom stereocenters. The summed E-state index contributed by atoms with van der Waals surface area (Å²) in [6, 6.07) is 12.4. The van der Waals surface area contributed by atoms with Gasteiger partial charge in [-0.1, -0.05) is 30.3 Å². The molecule has 2 rings (SSSR count). The van der Waals surface area contributed by atoms with Gasteiger partial charge in [-0.2, -0.15) is 0 Å². The fourth-order valence-electron chi connectivity index (χ4n) is 2.71. The standard InChI is InChI=1S/C19H21F2NO2/c1-22(18(11-12-23)14-5-3-2-4-6-14)19(24)10-7-15-13-16(20)8-9-17(15)21/h2-6,8-9,13,18,23H,7,10-12H2,1H3. The number of hydrogen-bond acceptors (Lipinski definition) is 2. The summed E-state index contributed by atoms with van der Waals surface area (Å²) < 4.78 is 26.8. The van der Waals surface area contributed by atoms with Gasteiger partial charge in [0, 0.05) is 20.1 Å². The maximum Gasteiger partial charge on any atom is 0.223 e. The van der Waals surface area contributed by atoms with E-state index in [1.54, 1.807) is 11.9 Å². The van der Waals surface area contributed by atoms with Crippen molar-refractivity contribution in [3.63, 3.8) is 0 Å². The molecule has 24 heavy (non-hydrogen) atoms. The molecule has 0 bridgehead atoms. The second kappa shape index (κ2) is 8.55. The zero-order chi connectivity index (χ0) is 17.5. The SMILES string of the molecule is CN(C(=O)CCc1cc(F)ccc1F)C(CCO)c1ccccc1. The molecule has 0 saturated carbocycles. The lowest BCUT2D eigenvalue weighted by molar-refractivity contribution is -0.132. The number of halogens is 2. The summed E-state index contributed by atoms with van der Waals surface area (Å²) in [6.45, 7) is -0.0459. The van der Waals surface area contributed by atoms with E-state index in [1.807, 2.05) is 30.3 Å². The van der Waals surface area contributed by atoms with E-state index in [4.69, 9.17) is 0 Å². The highest BCUT2D eigenvalue weighted by molar-refractivity contribution is 5.76. The van der Waals surface area contributed by atoms with E-state index in [0.717, 1.165) is 23.8 Å². The van der Waals surface area contributed by atoms with Gasteiger partial charge in [-0.25, -0.2) is 8.78 Å². The van der Waals surface area contributed by atoms with E-state index < -0.39 is 11.6 Å². The van der Waals surface area contributed by atoms with Crippen LogP contribution in [0.4, 0.5) is 8.78 Å². The topological polar surface area (TPSA) is 40.5 Å². The normalized spacial score (nSPS) is 12.0. The third-order valence-corrected chi connectivity index (χ3v) is 4.06. The van der Waals surface area contributed by atoms with Crippen molar-refractivity contribution in [2.45, 2.75) is 25.3 Å². The summed E-state index contributed by atoms with van der Waals surface area (Å²) in [7, 11) is 1.66. The molecule has 1 unspecified atom stereocenters. The molecular formula is C19H21F2NO2. The van der Waals surface area contributed by atoms with Crippen molar-refractivity contribution in [3.05, 3.63) is 71.3 Å². The Bertz CT molecular complexity index is 676. The minimum atomic E-state index is -0.519. The molecule has 1 amide bonds. The van der Waals surface area contributed by atoms with Gasteiger partial charge in [0.1, 0.15) is 11.6 Å². The Morgan fingerprint density at radius 3 is 2.54 bits per heavy atom. The molecule has 0 aliphatic rings. The van der Waals surface area contributed by atoms with Gasteiger partial charge >= 0.3 is 0 Å². The van der Waals surface area contributed by atoms with Crippen molar-refractivity contribution in [1.29, 1.82) is 0 Å². The van der Waals surface area contributed by atoms with E-state index in [0.29, 0.717) is 6.42 Å². The Morgan fingerprint density at radius 1 is 1.17 bits per heavy atom. The Morgan fingerprint density at radius 2 is 1.88 bits per heavy atom. The molecule has 0 heterocycles. The van der Waals surface area contributed by atoms with Gasteiger partial charge < -0.3 is 10.0 Å². The van der Waals surface area contributed by atoms with Gasteiger partial charge in [-0.3, -0.25) is 4.79 Å². The van der Waals surface area contributed by atoms with Gasteiger partial charge in [-0.15, -0.1) is 0 Å². The Balaban J connectivity index is 2.05. The van der Waals surface area contributed by atoms with Crippen molar-refractivity contribution in [3.8, 4) is 0 Å². The second-order valence-corrected chi connectivity index (χ2v) is 5.68. The quantitative estimate of drug-likeness (QED) is 0.843. The number of benzene rings is 2. The van der Waals surface area contributed by atoms with Crippen LogP contribution >= 0.6 is 0 Å². The summed E-state index contributed by atoms with van der Waals surface area (Å²) in [5.41, 5.74) is 1.12. The van der Waals surface area contributed by atoms with Crippen LogP contribution in [-0.2, 0) is 11.2 Å². The number of carbonyl (C=O) groups excluding carboxylic acids is 1. The Labute approximate surface area is 140 Å².